The summed E-state index contributed by atoms with van der Waals surface area (Å²) in [7, 11) is 1.50. The minimum absolute atomic E-state index is 0.0109. The van der Waals surface area contributed by atoms with Crippen molar-refractivity contribution >= 4 is 23.2 Å². The first-order valence-electron chi connectivity index (χ1n) is 4.44. The molecule has 5 heteroatoms. The maximum absolute atomic E-state index is 10.5. The lowest BCUT2D eigenvalue weighted by molar-refractivity contribution is -0.117. The van der Waals surface area contributed by atoms with Crippen molar-refractivity contribution in [1.29, 1.82) is 0 Å². The molecule has 1 aromatic rings. The first-order chi connectivity index (χ1) is 7.54. The Labute approximate surface area is 98.5 Å². The minimum atomic E-state index is -0.481. The largest absolute Gasteiger partial charge is 0.495 e. The Hall–Kier alpha value is -1.86. The van der Waals surface area contributed by atoms with E-state index in [-0.39, 0.29) is 6.42 Å². The van der Waals surface area contributed by atoms with Gasteiger partial charge in [0.1, 0.15) is 5.75 Å². The summed E-state index contributed by atoms with van der Waals surface area (Å²) in [6.45, 7) is 0. The molecular weight excluding hydrogens is 228 g/mol. The van der Waals surface area contributed by atoms with E-state index in [1.807, 2.05) is 0 Å². The molecule has 0 aliphatic heterocycles. The molecule has 0 atom stereocenters. The van der Waals surface area contributed by atoms with E-state index in [2.05, 4.69) is 11.8 Å². The van der Waals surface area contributed by atoms with Gasteiger partial charge in [-0.15, -0.1) is 0 Å². The van der Waals surface area contributed by atoms with Gasteiger partial charge in [0.05, 0.1) is 24.2 Å². The van der Waals surface area contributed by atoms with E-state index in [1.165, 1.54) is 7.11 Å². The molecule has 0 unspecified atom stereocenters. The van der Waals surface area contributed by atoms with Crippen LogP contribution in [0.15, 0.2) is 12.1 Å². The highest BCUT2D eigenvalue weighted by molar-refractivity contribution is 6.32. The third-order valence-corrected chi connectivity index (χ3v) is 2.12. The molecule has 0 aromatic heterocycles. The fraction of sp³-hybridized carbons (Fsp3) is 0.182. The van der Waals surface area contributed by atoms with Crippen LogP contribution in [-0.2, 0) is 4.79 Å². The highest BCUT2D eigenvalue weighted by atomic mass is 35.5. The van der Waals surface area contributed by atoms with Crippen molar-refractivity contribution in [3.05, 3.63) is 22.7 Å². The topological polar surface area (TPSA) is 78.3 Å². The zero-order chi connectivity index (χ0) is 12.1. The number of amides is 1. The van der Waals surface area contributed by atoms with E-state index < -0.39 is 5.91 Å². The zero-order valence-electron chi connectivity index (χ0n) is 8.71. The van der Waals surface area contributed by atoms with E-state index >= 15 is 0 Å². The van der Waals surface area contributed by atoms with Gasteiger partial charge in [-0.05, 0) is 12.1 Å². The molecule has 0 heterocycles. The highest BCUT2D eigenvalue weighted by Crippen LogP contribution is 2.28. The summed E-state index contributed by atoms with van der Waals surface area (Å²) in [5, 5.41) is 0.412. The molecule has 1 rings (SSSR count). The lowest BCUT2D eigenvalue weighted by Gasteiger charge is -2.05. The normalized spacial score (nSPS) is 9.12. The average Bonchev–Trinajstić information content (AvgIpc) is 2.20. The van der Waals surface area contributed by atoms with Crippen LogP contribution in [0, 0.1) is 11.8 Å². The molecule has 0 aliphatic carbocycles. The molecule has 16 heavy (non-hydrogen) atoms. The fourth-order valence-corrected chi connectivity index (χ4v) is 1.29. The SMILES string of the molecule is COc1cc(C#CCC(N)=O)c(Cl)cc1N. The number of nitrogens with two attached hydrogens (primary N) is 2. The second-order valence-corrected chi connectivity index (χ2v) is 3.43. The van der Waals surface area contributed by atoms with Gasteiger partial charge in [0.15, 0.2) is 0 Å². The minimum Gasteiger partial charge on any atom is -0.495 e. The van der Waals surface area contributed by atoms with Gasteiger partial charge < -0.3 is 16.2 Å². The number of hydrogen-bond donors (Lipinski definition) is 2. The Morgan fingerprint density at radius 3 is 2.81 bits per heavy atom. The molecule has 0 saturated carbocycles. The van der Waals surface area contributed by atoms with Crippen LogP contribution in [-0.4, -0.2) is 13.0 Å². The van der Waals surface area contributed by atoms with Gasteiger partial charge >= 0.3 is 0 Å². The average molecular weight is 239 g/mol. The molecule has 0 radical (unpaired) electrons. The van der Waals surface area contributed by atoms with Crippen molar-refractivity contribution in [3.63, 3.8) is 0 Å². The molecule has 0 fully saturated rings. The van der Waals surface area contributed by atoms with Crippen LogP contribution in [0.3, 0.4) is 0 Å². The van der Waals surface area contributed by atoms with Gasteiger partial charge in [-0.3, -0.25) is 4.79 Å². The maximum Gasteiger partial charge on any atom is 0.229 e. The summed E-state index contributed by atoms with van der Waals surface area (Å²) in [6.07, 6.45) is -0.0109. The number of carbonyl (C=O) groups is 1. The van der Waals surface area contributed by atoms with Crippen LogP contribution in [0.5, 0.6) is 5.75 Å². The Morgan fingerprint density at radius 1 is 1.56 bits per heavy atom. The smallest absolute Gasteiger partial charge is 0.229 e. The number of halogens is 1. The number of ether oxygens (including phenoxy) is 1. The van der Waals surface area contributed by atoms with Gasteiger partial charge in [0.25, 0.3) is 0 Å². The van der Waals surface area contributed by atoms with Crippen molar-refractivity contribution in [2.24, 2.45) is 5.73 Å². The van der Waals surface area contributed by atoms with Crippen LogP contribution in [0.2, 0.25) is 5.02 Å². The number of benzene rings is 1. The number of primary amides is 1. The number of nitrogen functional groups attached to an aromatic ring is 1. The molecule has 1 aromatic carbocycles. The Morgan fingerprint density at radius 2 is 2.25 bits per heavy atom. The van der Waals surface area contributed by atoms with E-state index in [1.54, 1.807) is 12.1 Å². The van der Waals surface area contributed by atoms with Gasteiger partial charge in [0, 0.05) is 5.56 Å². The summed E-state index contributed by atoms with van der Waals surface area (Å²) in [5.41, 5.74) is 11.6. The second kappa shape index (κ2) is 5.29. The van der Waals surface area contributed by atoms with Crippen LogP contribution >= 0.6 is 11.6 Å². The van der Waals surface area contributed by atoms with Crippen molar-refractivity contribution in [1.82, 2.24) is 0 Å². The predicted molar refractivity (Wildman–Crippen MR) is 63.1 cm³/mol. The van der Waals surface area contributed by atoms with Gasteiger partial charge in [0.2, 0.25) is 5.91 Å². The first kappa shape index (κ1) is 12.2. The Balaban J connectivity index is 3.03. The summed E-state index contributed by atoms with van der Waals surface area (Å²) >= 11 is 5.92. The first-order valence-corrected chi connectivity index (χ1v) is 4.82. The van der Waals surface area contributed by atoms with Gasteiger partial charge in [-0.1, -0.05) is 23.4 Å². The molecule has 0 aliphatic rings. The van der Waals surface area contributed by atoms with Crippen molar-refractivity contribution < 1.29 is 9.53 Å². The lowest BCUT2D eigenvalue weighted by atomic mass is 10.2. The number of carbonyl (C=O) groups excluding carboxylic acids is 1. The van der Waals surface area contributed by atoms with Crippen LogP contribution in [0.25, 0.3) is 0 Å². The van der Waals surface area contributed by atoms with Crippen molar-refractivity contribution in [2.45, 2.75) is 6.42 Å². The van der Waals surface area contributed by atoms with Gasteiger partial charge in [-0.2, -0.15) is 0 Å². The van der Waals surface area contributed by atoms with E-state index in [9.17, 15) is 4.79 Å². The third-order valence-electron chi connectivity index (χ3n) is 1.81. The molecule has 4 N–H and O–H groups in total. The number of methoxy groups -OCH3 is 1. The summed E-state index contributed by atoms with van der Waals surface area (Å²) < 4.78 is 5.03. The number of hydrogen-bond acceptors (Lipinski definition) is 3. The number of anilines is 1. The standard InChI is InChI=1S/C11H11ClN2O2/c1-16-10-5-7(3-2-4-11(14)15)8(12)6-9(10)13/h5-6H,4,13H2,1H3,(H2,14,15). The Kier molecular flexibility index (Phi) is 4.03. The monoisotopic (exact) mass is 238 g/mol. The van der Waals surface area contributed by atoms with Crippen LogP contribution < -0.4 is 16.2 Å². The highest BCUT2D eigenvalue weighted by Gasteiger charge is 2.04. The van der Waals surface area contributed by atoms with E-state index in [4.69, 9.17) is 27.8 Å². The van der Waals surface area contributed by atoms with Gasteiger partial charge in [-0.25, -0.2) is 0 Å². The quantitative estimate of drug-likeness (QED) is 0.599. The van der Waals surface area contributed by atoms with E-state index in [0.717, 1.165) is 0 Å². The molecule has 4 nitrogen and oxygen atoms in total. The maximum atomic E-state index is 10.5. The third kappa shape index (κ3) is 3.07. The lowest BCUT2D eigenvalue weighted by Crippen LogP contribution is -2.08. The van der Waals surface area contributed by atoms with E-state index in [0.29, 0.717) is 22.0 Å². The second-order valence-electron chi connectivity index (χ2n) is 3.02. The Bertz CT molecular complexity index is 475. The van der Waals surface area contributed by atoms with Crippen LogP contribution in [0.4, 0.5) is 5.69 Å². The molecule has 1 amide bonds. The van der Waals surface area contributed by atoms with Crippen LogP contribution in [0.1, 0.15) is 12.0 Å². The summed E-state index contributed by atoms with van der Waals surface area (Å²) in [4.78, 5) is 10.5. The molecule has 84 valence electrons. The molecule has 0 bridgehead atoms. The van der Waals surface area contributed by atoms with Crippen molar-refractivity contribution in [3.8, 4) is 17.6 Å². The molecule has 0 spiro atoms. The van der Waals surface area contributed by atoms with Crippen molar-refractivity contribution in [2.75, 3.05) is 12.8 Å². The predicted octanol–water partition coefficient (Wildman–Crippen LogP) is 1.16. The molecular formula is C11H11ClN2O2. The zero-order valence-corrected chi connectivity index (χ0v) is 9.47. The summed E-state index contributed by atoms with van der Waals surface area (Å²) in [5.74, 6) is 5.35. The fourth-order valence-electron chi connectivity index (χ4n) is 1.07. The summed E-state index contributed by atoms with van der Waals surface area (Å²) in [6, 6.07) is 3.17. The molecule has 0 saturated heterocycles. The number of rotatable bonds is 2.